The summed E-state index contributed by atoms with van der Waals surface area (Å²) in [4.78, 5) is 39.3. The Hall–Kier alpha value is -3.56. The van der Waals surface area contributed by atoms with Gasteiger partial charge in [-0.05, 0) is 41.6 Å². The molecule has 0 aromatic heterocycles. The normalized spacial score (nSPS) is 13.6. The highest BCUT2D eigenvalue weighted by atomic mass is 32.2. The number of rotatable bonds is 8. The first kappa shape index (κ1) is 23.6. The number of hydrogen-bond acceptors (Lipinski definition) is 6. The zero-order valence-corrected chi connectivity index (χ0v) is 19.7. The number of carbonyl (C=O) groups excluding carboxylic acids is 3. The van der Waals surface area contributed by atoms with Crippen LogP contribution in [0.15, 0.2) is 65.6 Å². The van der Waals surface area contributed by atoms with Gasteiger partial charge in [-0.2, -0.15) is 0 Å². The Balaban J connectivity index is 1.34. The van der Waals surface area contributed by atoms with E-state index in [1.807, 2.05) is 12.1 Å². The van der Waals surface area contributed by atoms with Crippen molar-refractivity contribution in [3.05, 3.63) is 77.4 Å². The van der Waals surface area contributed by atoms with Crippen molar-refractivity contribution in [2.45, 2.75) is 24.3 Å². The molecule has 0 saturated heterocycles. The average Bonchev–Trinajstić information content (AvgIpc) is 2.83. The molecule has 176 valence electrons. The van der Waals surface area contributed by atoms with E-state index < -0.39 is 16.0 Å². The number of ether oxygens (including phenoxy) is 1. The third-order valence-corrected chi connectivity index (χ3v) is 7.51. The summed E-state index contributed by atoms with van der Waals surface area (Å²) in [5.41, 5.74) is 1.49. The van der Waals surface area contributed by atoms with Crippen LogP contribution in [0.4, 0.5) is 0 Å². The Bertz CT molecular complexity index is 1350. The Morgan fingerprint density at radius 2 is 1.56 bits per heavy atom. The summed E-state index contributed by atoms with van der Waals surface area (Å²) in [6.07, 6.45) is 0.266. The third kappa shape index (κ3) is 4.44. The van der Waals surface area contributed by atoms with Gasteiger partial charge in [-0.1, -0.05) is 36.4 Å². The van der Waals surface area contributed by atoms with E-state index in [0.717, 1.165) is 9.69 Å². The molecule has 0 atom stereocenters. The zero-order chi connectivity index (χ0) is 24.5. The summed E-state index contributed by atoms with van der Waals surface area (Å²) < 4.78 is 30.9. The molecule has 1 aliphatic rings. The van der Waals surface area contributed by atoms with Crippen molar-refractivity contribution < 1.29 is 27.5 Å². The Labute approximate surface area is 197 Å². The highest BCUT2D eigenvalue weighted by Gasteiger charge is 2.32. The van der Waals surface area contributed by atoms with E-state index in [9.17, 15) is 22.8 Å². The topological polar surface area (TPSA) is 101 Å². The molecule has 8 nitrogen and oxygen atoms in total. The number of benzene rings is 3. The Kier molecular flexibility index (Phi) is 6.49. The van der Waals surface area contributed by atoms with Gasteiger partial charge >= 0.3 is 5.97 Å². The summed E-state index contributed by atoms with van der Waals surface area (Å²) >= 11 is 0. The van der Waals surface area contributed by atoms with E-state index in [1.54, 1.807) is 36.4 Å². The monoisotopic (exact) mass is 480 g/mol. The minimum absolute atomic E-state index is 0.0125. The fourth-order valence-electron chi connectivity index (χ4n) is 3.91. The van der Waals surface area contributed by atoms with Crippen LogP contribution in [0.1, 0.15) is 39.1 Å². The van der Waals surface area contributed by atoms with Crippen LogP contribution in [0.25, 0.3) is 10.8 Å². The number of hydrogen-bond donors (Lipinski definition) is 0. The number of carbonyl (C=O) groups is 3. The summed E-state index contributed by atoms with van der Waals surface area (Å²) in [5, 5.41) is 1.50. The van der Waals surface area contributed by atoms with Gasteiger partial charge < -0.3 is 4.74 Å². The highest BCUT2D eigenvalue weighted by molar-refractivity contribution is 7.89. The van der Waals surface area contributed by atoms with Gasteiger partial charge in [-0.3, -0.25) is 19.3 Å². The molecule has 3 aromatic carbocycles. The van der Waals surface area contributed by atoms with Crippen LogP contribution in [-0.4, -0.2) is 56.0 Å². The van der Waals surface area contributed by atoms with Gasteiger partial charge in [-0.25, -0.2) is 12.7 Å². The standard InChI is InChI=1S/C25H24N2O6S/c1-26(2)34(31,32)19-10-3-7-17(15-19)16-33-22(28)13-6-14-27-24(29)20-11-4-8-18-9-5-12-21(23(18)20)25(27)30/h3-5,7-12,15H,6,13-14,16H2,1-2H3. The van der Waals surface area contributed by atoms with E-state index in [4.69, 9.17) is 4.74 Å². The minimum atomic E-state index is -3.59. The van der Waals surface area contributed by atoms with Gasteiger partial charge in [0.2, 0.25) is 10.0 Å². The van der Waals surface area contributed by atoms with Crippen molar-refractivity contribution in [3.8, 4) is 0 Å². The molecule has 0 radical (unpaired) electrons. The number of imide groups is 1. The smallest absolute Gasteiger partial charge is 0.306 e. The molecule has 0 N–H and O–H groups in total. The lowest BCUT2D eigenvalue weighted by atomic mass is 9.94. The first-order valence-corrected chi connectivity index (χ1v) is 12.2. The van der Waals surface area contributed by atoms with Crippen molar-refractivity contribution in [1.82, 2.24) is 9.21 Å². The van der Waals surface area contributed by atoms with E-state index >= 15 is 0 Å². The fraction of sp³-hybridized carbons (Fsp3) is 0.240. The first-order valence-electron chi connectivity index (χ1n) is 10.7. The molecule has 2 amide bonds. The van der Waals surface area contributed by atoms with E-state index in [2.05, 4.69) is 0 Å². The van der Waals surface area contributed by atoms with Crippen LogP contribution >= 0.6 is 0 Å². The van der Waals surface area contributed by atoms with Crippen LogP contribution in [0, 0.1) is 0 Å². The SMILES string of the molecule is CN(C)S(=O)(=O)c1cccc(COC(=O)CCCN2C(=O)c3cccc4cccc(c34)C2=O)c1. The first-order chi connectivity index (χ1) is 16.2. The molecular weight excluding hydrogens is 456 g/mol. The van der Waals surface area contributed by atoms with Crippen molar-refractivity contribution in [2.75, 3.05) is 20.6 Å². The van der Waals surface area contributed by atoms with Crippen molar-refractivity contribution in [2.24, 2.45) is 0 Å². The van der Waals surface area contributed by atoms with Crippen LogP contribution in [-0.2, 0) is 26.2 Å². The zero-order valence-electron chi connectivity index (χ0n) is 18.9. The number of esters is 1. The molecule has 4 rings (SSSR count). The van der Waals surface area contributed by atoms with Gasteiger partial charge in [0, 0.05) is 43.6 Å². The largest absolute Gasteiger partial charge is 0.461 e. The van der Waals surface area contributed by atoms with Crippen LogP contribution in [0.2, 0.25) is 0 Å². The average molecular weight is 481 g/mol. The molecule has 3 aromatic rings. The summed E-state index contributed by atoms with van der Waals surface area (Å²) in [5.74, 6) is -1.25. The molecule has 34 heavy (non-hydrogen) atoms. The molecule has 1 heterocycles. The van der Waals surface area contributed by atoms with Gasteiger partial charge in [0.1, 0.15) is 6.61 Å². The predicted octanol–water partition coefficient (Wildman–Crippen LogP) is 3.21. The van der Waals surface area contributed by atoms with Gasteiger partial charge in [0.15, 0.2) is 0 Å². The molecule has 0 spiro atoms. The molecule has 0 saturated carbocycles. The van der Waals surface area contributed by atoms with Crippen molar-refractivity contribution in [1.29, 1.82) is 0 Å². The van der Waals surface area contributed by atoms with Crippen molar-refractivity contribution >= 4 is 38.6 Å². The molecule has 9 heteroatoms. The van der Waals surface area contributed by atoms with Gasteiger partial charge in [-0.15, -0.1) is 0 Å². The Morgan fingerprint density at radius 3 is 2.18 bits per heavy atom. The lowest BCUT2D eigenvalue weighted by Crippen LogP contribution is -2.41. The van der Waals surface area contributed by atoms with E-state index in [1.165, 1.54) is 31.1 Å². The van der Waals surface area contributed by atoms with Crippen LogP contribution in [0.3, 0.4) is 0 Å². The summed E-state index contributed by atoms with van der Waals surface area (Å²) in [6.45, 7) is 0.0145. The second-order valence-electron chi connectivity index (χ2n) is 8.17. The molecule has 0 bridgehead atoms. The quantitative estimate of drug-likeness (QED) is 0.363. The molecule has 0 unspecified atom stereocenters. The second kappa shape index (κ2) is 9.36. The maximum atomic E-state index is 12.9. The summed E-state index contributed by atoms with van der Waals surface area (Å²) in [7, 11) is -0.700. The minimum Gasteiger partial charge on any atom is -0.461 e. The van der Waals surface area contributed by atoms with Crippen LogP contribution in [0.5, 0.6) is 0 Å². The van der Waals surface area contributed by atoms with Crippen LogP contribution < -0.4 is 0 Å². The molecule has 0 aliphatic carbocycles. The maximum absolute atomic E-state index is 12.9. The second-order valence-corrected chi connectivity index (χ2v) is 10.3. The molecular formula is C25H24N2O6S. The molecule has 0 fully saturated rings. The summed E-state index contributed by atoms with van der Waals surface area (Å²) in [6, 6.07) is 16.9. The lowest BCUT2D eigenvalue weighted by Gasteiger charge is -2.27. The number of sulfonamides is 1. The highest BCUT2D eigenvalue weighted by Crippen LogP contribution is 2.30. The van der Waals surface area contributed by atoms with Gasteiger partial charge in [0.05, 0.1) is 4.90 Å². The van der Waals surface area contributed by atoms with Gasteiger partial charge in [0.25, 0.3) is 11.8 Å². The number of nitrogens with zero attached hydrogens (tertiary/aromatic N) is 2. The van der Waals surface area contributed by atoms with E-state index in [-0.39, 0.29) is 42.7 Å². The van der Waals surface area contributed by atoms with E-state index in [0.29, 0.717) is 22.1 Å². The van der Waals surface area contributed by atoms with Crippen molar-refractivity contribution in [3.63, 3.8) is 0 Å². The molecule has 1 aliphatic heterocycles. The maximum Gasteiger partial charge on any atom is 0.306 e. The lowest BCUT2D eigenvalue weighted by molar-refractivity contribution is -0.145. The predicted molar refractivity (Wildman–Crippen MR) is 126 cm³/mol. The third-order valence-electron chi connectivity index (χ3n) is 5.70. The Morgan fingerprint density at radius 1 is 0.941 bits per heavy atom. The number of amides is 2. The fourth-order valence-corrected chi connectivity index (χ4v) is 4.88.